The van der Waals surface area contributed by atoms with Gasteiger partial charge in [0.25, 0.3) is 0 Å². The Morgan fingerprint density at radius 3 is 2.33 bits per heavy atom. The third kappa shape index (κ3) is 2.94. The topological polar surface area (TPSA) is 12.0 Å². The minimum Gasteiger partial charge on any atom is -0.313 e. The maximum absolute atomic E-state index is 3.71. The van der Waals surface area contributed by atoms with Gasteiger partial charge in [0, 0.05) is 11.5 Å². The third-order valence-corrected chi connectivity index (χ3v) is 5.63. The van der Waals surface area contributed by atoms with Crippen molar-refractivity contribution in [3.8, 4) is 0 Å². The predicted molar refractivity (Wildman–Crippen MR) is 90.6 cm³/mol. The monoisotopic (exact) mass is 283 g/mol. The number of allylic oxidation sites excluding steroid dienone is 1. The average Bonchev–Trinajstić information content (AvgIpc) is 2.58. The first-order valence-corrected chi connectivity index (χ1v) is 8.78. The third-order valence-electron chi connectivity index (χ3n) is 5.63. The van der Waals surface area contributed by atoms with E-state index in [4.69, 9.17) is 0 Å². The van der Waals surface area contributed by atoms with E-state index >= 15 is 0 Å². The summed E-state index contributed by atoms with van der Waals surface area (Å²) in [6.07, 6.45) is 14.7. The van der Waals surface area contributed by atoms with Crippen LogP contribution in [0.15, 0.2) is 42.0 Å². The molecule has 1 unspecified atom stereocenters. The second-order valence-electron chi connectivity index (χ2n) is 6.83. The molecule has 21 heavy (non-hydrogen) atoms. The van der Waals surface area contributed by atoms with Crippen LogP contribution in [-0.4, -0.2) is 13.1 Å². The van der Waals surface area contributed by atoms with Crippen LogP contribution in [0.25, 0.3) is 0 Å². The van der Waals surface area contributed by atoms with E-state index < -0.39 is 0 Å². The molecule has 1 nitrogen and oxygen atoms in total. The Balaban J connectivity index is 1.99. The summed E-state index contributed by atoms with van der Waals surface area (Å²) in [6, 6.07) is 11.8. The molecule has 2 aliphatic carbocycles. The molecule has 2 aliphatic rings. The molecule has 114 valence electrons. The normalized spacial score (nSPS) is 23.4. The molecular weight excluding hydrogens is 254 g/mol. The fraction of sp³-hybridized carbons (Fsp3) is 0.600. The van der Waals surface area contributed by atoms with Crippen molar-refractivity contribution in [2.45, 2.75) is 69.2 Å². The standard InChI is InChI=1S/C20H29N/c1-21-19(17-11-5-2-6-12-17)20(15-9-4-10-16-20)18-13-7-3-8-14-18/h3,7-8,11,13-14,19,21H,2,4-6,9-10,12,15-16H2,1H3. The summed E-state index contributed by atoms with van der Waals surface area (Å²) >= 11 is 0. The van der Waals surface area contributed by atoms with Gasteiger partial charge in [-0.1, -0.05) is 61.2 Å². The van der Waals surface area contributed by atoms with Crippen molar-refractivity contribution < 1.29 is 0 Å². The summed E-state index contributed by atoms with van der Waals surface area (Å²) in [5, 5.41) is 3.71. The Bertz CT molecular complexity index is 468. The van der Waals surface area contributed by atoms with Crippen LogP contribution in [0.3, 0.4) is 0 Å². The molecule has 3 rings (SSSR count). The van der Waals surface area contributed by atoms with Crippen molar-refractivity contribution in [1.82, 2.24) is 5.32 Å². The second-order valence-corrected chi connectivity index (χ2v) is 6.83. The smallest absolute Gasteiger partial charge is 0.0374 e. The fourth-order valence-electron chi connectivity index (χ4n) is 4.64. The van der Waals surface area contributed by atoms with Crippen molar-refractivity contribution in [3.05, 3.63) is 47.5 Å². The number of nitrogens with one attached hydrogen (secondary N) is 1. The molecule has 1 saturated carbocycles. The van der Waals surface area contributed by atoms with Crippen molar-refractivity contribution in [1.29, 1.82) is 0 Å². The summed E-state index contributed by atoms with van der Waals surface area (Å²) < 4.78 is 0. The lowest BCUT2D eigenvalue weighted by molar-refractivity contribution is 0.236. The molecule has 1 fully saturated rings. The van der Waals surface area contributed by atoms with Crippen LogP contribution in [0.1, 0.15) is 63.4 Å². The van der Waals surface area contributed by atoms with Gasteiger partial charge in [-0.2, -0.15) is 0 Å². The Kier molecular flexibility index (Phi) is 4.80. The number of hydrogen-bond donors (Lipinski definition) is 1. The minimum atomic E-state index is 0.317. The van der Waals surface area contributed by atoms with Gasteiger partial charge in [0.1, 0.15) is 0 Å². The zero-order chi connectivity index (χ0) is 14.5. The van der Waals surface area contributed by atoms with Crippen LogP contribution in [0.2, 0.25) is 0 Å². The Hall–Kier alpha value is -1.08. The summed E-state index contributed by atoms with van der Waals surface area (Å²) in [5.74, 6) is 0. The van der Waals surface area contributed by atoms with Crippen molar-refractivity contribution in [2.75, 3.05) is 7.05 Å². The number of likely N-dealkylation sites (N-methyl/N-ethyl adjacent to an activating group) is 1. The molecule has 0 amide bonds. The Morgan fingerprint density at radius 2 is 1.71 bits per heavy atom. The lowest BCUT2D eigenvalue weighted by Gasteiger charge is -2.46. The second kappa shape index (κ2) is 6.79. The summed E-state index contributed by atoms with van der Waals surface area (Å²) in [4.78, 5) is 0. The van der Waals surface area contributed by atoms with E-state index in [1.165, 1.54) is 57.8 Å². The van der Waals surface area contributed by atoms with Gasteiger partial charge in [-0.25, -0.2) is 0 Å². The molecular formula is C20H29N. The maximum Gasteiger partial charge on any atom is 0.0374 e. The van der Waals surface area contributed by atoms with E-state index in [2.05, 4.69) is 48.8 Å². The zero-order valence-corrected chi connectivity index (χ0v) is 13.4. The van der Waals surface area contributed by atoms with E-state index in [0.717, 1.165) is 0 Å². The van der Waals surface area contributed by atoms with Crippen LogP contribution in [0, 0.1) is 0 Å². The maximum atomic E-state index is 3.71. The van der Waals surface area contributed by atoms with Crippen molar-refractivity contribution in [3.63, 3.8) is 0 Å². The molecule has 0 saturated heterocycles. The lowest BCUT2D eigenvalue weighted by atomic mass is 9.62. The molecule has 0 heterocycles. The highest BCUT2D eigenvalue weighted by atomic mass is 14.9. The minimum absolute atomic E-state index is 0.317. The largest absolute Gasteiger partial charge is 0.313 e. The molecule has 1 heteroatoms. The Labute approximate surface area is 129 Å². The molecule has 0 aromatic heterocycles. The van der Waals surface area contributed by atoms with E-state index in [1.54, 1.807) is 11.1 Å². The van der Waals surface area contributed by atoms with Crippen LogP contribution in [-0.2, 0) is 5.41 Å². The van der Waals surface area contributed by atoms with Crippen LogP contribution >= 0.6 is 0 Å². The number of rotatable bonds is 4. The van der Waals surface area contributed by atoms with Gasteiger partial charge in [0.05, 0.1) is 0 Å². The van der Waals surface area contributed by atoms with Gasteiger partial charge in [-0.3, -0.25) is 0 Å². The quantitative estimate of drug-likeness (QED) is 0.769. The van der Waals surface area contributed by atoms with Gasteiger partial charge in [-0.15, -0.1) is 0 Å². The zero-order valence-electron chi connectivity index (χ0n) is 13.4. The summed E-state index contributed by atoms with van der Waals surface area (Å²) in [5.41, 5.74) is 3.54. The molecule has 0 radical (unpaired) electrons. The first-order chi connectivity index (χ1) is 10.4. The molecule has 0 aliphatic heterocycles. The van der Waals surface area contributed by atoms with Gasteiger partial charge >= 0.3 is 0 Å². The molecule has 1 aromatic carbocycles. The lowest BCUT2D eigenvalue weighted by Crippen LogP contribution is -2.49. The van der Waals surface area contributed by atoms with Crippen LogP contribution < -0.4 is 5.32 Å². The fourth-order valence-corrected chi connectivity index (χ4v) is 4.64. The Morgan fingerprint density at radius 1 is 0.952 bits per heavy atom. The van der Waals surface area contributed by atoms with Gasteiger partial charge in [0.2, 0.25) is 0 Å². The van der Waals surface area contributed by atoms with E-state index in [-0.39, 0.29) is 0 Å². The molecule has 0 bridgehead atoms. The van der Waals surface area contributed by atoms with Crippen molar-refractivity contribution in [2.24, 2.45) is 0 Å². The van der Waals surface area contributed by atoms with Crippen LogP contribution in [0.5, 0.6) is 0 Å². The highest BCUT2D eigenvalue weighted by Gasteiger charge is 2.42. The molecule has 1 N–H and O–H groups in total. The van der Waals surface area contributed by atoms with Gasteiger partial charge in [-0.05, 0) is 51.1 Å². The first-order valence-electron chi connectivity index (χ1n) is 8.78. The number of benzene rings is 1. The van der Waals surface area contributed by atoms with Gasteiger partial charge in [0.15, 0.2) is 0 Å². The summed E-state index contributed by atoms with van der Waals surface area (Å²) in [6.45, 7) is 0. The van der Waals surface area contributed by atoms with E-state index in [0.29, 0.717) is 11.5 Å². The van der Waals surface area contributed by atoms with Crippen LogP contribution in [0.4, 0.5) is 0 Å². The van der Waals surface area contributed by atoms with Gasteiger partial charge < -0.3 is 5.32 Å². The SMILES string of the molecule is CNC(C1=CCCCC1)C1(c2ccccc2)CCCCC1. The van der Waals surface area contributed by atoms with E-state index in [1.807, 2.05) is 0 Å². The molecule has 0 spiro atoms. The number of hydrogen-bond acceptors (Lipinski definition) is 1. The predicted octanol–water partition coefficient (Wildman–Crippen LogP) is 4.98. The highest BCUT2D eigenvalue weighted by Crippen LogP contribution is 2.45. The average molecular weight is 283 g/mol. The molecule has 1 atom stereocenters. The first kappa shape index (κ1) is 14.8. The van der Waals surface area contributed by atoms with Crippen molar-refractivity contribution >= 4 is 0 Å². The summed E-state index contributed by atoms with van der Waals surface area (Å²) in [7, 11) is 2.17. The van der Waals surface area contributed by atoms with E-state index in [9.17, 15) is 0 Å². The highest BCUT2D eigenvalue weighted by molar-refractivity contribution is 5.34. The molecule has 1 aromatic rings.